The molecular formula is C24H22N2O4. The summed E-state index contributed by atoms with van der Waals surface area (Å²) in [5.41, 5.74) is 3.90. The summed E-state index contributed by atoms with van der Waals surface area (Å²) in [6, 6.07) is 21.4. The van der Waals surface area contributed by atoms with Gasteiger partial charge in [0, 0.05) is 11.1 Å². The predicted molar refractivity (Wildman–Crippen MR) is 114 cm³/mol. The van der Waals surface area contributed by atoms with Crippen molar-refractivity contribution in [1.29, 1.82) is 0 Å². The first kappa shape index (κ1) is 19.5. The van der Waals surface area contributed by atoms with E-state index in [-0.39, 0.29) is 0 Å². The van der Waals surface area contributed by atoms with Gasteiger partial charge in [-0.3, -0.25) is 0 Å². The summed E-state index contributed by atoms with van der Waals surface area (Å²) in [6.45, 7) is 2.56. The maximum absolute atomic E-state index is 5.92. The van der Waals surface area contributed by atoms with Gasteiger partial charge in [-0.15, -0.1) is 0 Å². The van der Waals surface area contributed by atoms with Crippen LogP contribution in [0.1, 0.15) is 11.1 Å². The molecule has 0 aliphatic heterocycles. The molecule has 1 heterocycles. The highest BCUT2D eigenvalue weighted by Crippen LogP contribution is 2.32. The van der Waals surface area contributed by atoms with Crippen LogP contribution < -0.4 is 14.2 Å². The summed E-state index contributed by atoms with van der Waals surface area (Å²) in [4.78, 5) is 4.52. The molecule has 0 spiro atoms. The van der Waals surface area contributed by atoms with Crippen LogP contribution in [0.5, 0.6) is 17.2 Å². The second-order valence-electron chi connectivity index (χ2n) is 6.80. The van der Waals surface area contributed by atoms with Crippen molar-refractivity contribution in [2.24, 2.45) is 0 Å². The number of benzene rings is 3. The van der Waals surface area contributed by atoms with Crippen LogP contribution in [0.2, 0.25) is 0 Å². The molecule has 30 heavy (non-hydrogen) atoms. The smallest absolute Gasteiger partial charge is 0.258 e. The van der Waals surface area contributed by atoms with Gasteiger partial charge in [0.25, 0.3) is 5.89 Å². The van der Waals surface area contributed by atoms with E-state index in [1.165, 1.54) is 5.56 Å². The fourth-order valence-corrected chi connectivity index (χ4v) is 3.00. The van der Waals surface area contributed by atoms with Gasteiger partial charge >= 0.3 is 0 Å². The highest BCUT2D eigenvalue weighted by atomic mass is 16.5. The second-order valence-corrected chi connectivity index (χ2v) is 6.80. The Kier molecular flexibility index (Phi) is 5.66. The van der Waals surface area contributed by atoms with Crippen LogP contribution >= 0.6 is 0 Å². The Morgan fingerprint density at radius 1 is 0.833 bits per heavy atom. The van der Waals surface area contributed by atoms with E-state index in [0.717, 1.165) is 22.4 Å². The largest absolute Gasteiger partial charge is 0.493 e. The summed E-state index contributed by atoms with van der Waals surface area (Å²) in [5.74, 6) is 2.86. The lowest BCUT2D eigenvalue weighted by Gasteiger charge is -2.07. The molecular weight excluding hydrogens is 380 g/mol. The van der Waals surface area contributed by atoms with Crippen LogP contribution in [-0.4, -0.2) is 24.4 Å². The van der Waals surface area contributed by atoms with Gasteiger partial charge < -0.3 is 18.7 Å². The number of rotatable bonds is 7. The van der Waals surface area contributed by atoms with Gasteiger partial charge in [-0.25, -0.2) is 0 Å². The molecule has 152 valence electrons. The molecule has 0 amide bonds. The van der Waals surface area contributed by atoms with Gasteiger partial charge in [0.1, 0.15) is 12.4 Å². The topological polar surface area (TPSA) is 66.6 Å². The van der Waals surface area contributed by atoms with E-state index in [2.05, 4.69) is 41.3 Å². The number of aryl methyl sites for hydroxylation is 1. The molecule has 4 rings (SSSR count). The number of ether oxygens (including phenoxy) is 3. The molecule has 6 heteroatoms. The molecule has 0 fully saturated rings. The average Bonchev–Trinajstić information content (AvgIpc) is 3.29. The van der Waals surface area contributed by atoms with Crippen molar-refractivity contribution < 1.29 is 18.7 Å². The number of methoxy groups -OCH3 is 2. The number of hydrogen-bond acceptors (Lipinski definition) is 6. The molecule has 6 nitrogen and oxygen atoms in total. The molecule has 0 saturated heterocycles. The highest BCUT2D eigenvalue weighted by Gasteiger charge is 2.14. The lowest BCUT2D eigenvalue weighted by atomic mass is 10.1. The van der Waals surface area contributed by atoms with Crippen LogP contribution in [0.25, 0.3) is 22.8 Å². The van der Waals surface area contributed by atoms with Crippen molar-refractivity contribution >= 4 is 0 Å². The number of hydrogen-bond donors (Lipinski definition) is 0. The van der Waals surface area contributed by atoms with Crippen molar-refractivity contribution in [3.05, 3.63) is 77.9 Å². The Labute approximate surface area is 175 Å². The lowest BCUT2D eigenvalue weighted by Crippen LogP contribution is -1.95. The van der Waals surface area contributed by atoms with Crippen molar-refractivity contribution in [3.63, 3.8) is 0 Å². The molecule has 0 aliphatic rings. The zero-order chi connectivity index (χ0) is 20.9. The van der Waals surface area contributed by atoms with Gasteiger partial charge in [0.2, 0.25) is 5.82 Å². The van der Waals surface area contributed by atoms with E-state index >= 15 is 0 Å². The third-order valence-electron chi connectivity index (χ3n) is 4.67. The van der Waals surface area contributed by atoms with Crippen molar-refractivity contribution in [2.45, 2.75) is 13.5 Å². The van der Waals surface area contributed by atoms with Gasteiger partial charge in [-0.05, 0) is 42.8 Å². The molecule has 4 aromatic rings. The first-order chi connectivity index (χ1) is 14.7. The molecule has 0 saturated carbocycles. The Hall–Kier alpha value is -3.80. The first-order valence-corrected chi connectivity index (χ1v) is 9.51. The maximum atomic E-state index is 5.92. The minimum absolute atomic E-state index is 0.400. The summed E-state index contributed by atoms with van der Waals surface area (Å²) in [5, 5.41) is 4.12. The predicted octanol–water partition coefficient (Wildman–Crippen LogP) is 5.31. The van der Waals surface area contributed by atoms with Crippen LogP contribution in [0.3, 0.4) is 0 Å². The van der Waals surface area contributed by atoms with Crippen molar-refractivity contribution in [1.82, 2.24) is 10.1 Å². The van der Waals surface area contributed by atoms with Gasteiger partial charge in [-0.2, -0.15) is 4.98 Å². The zero-order valence-electron chi connectivity index (χ0n) is 17.1. The number of nitrogens with zero attached hydrogens (tertiary/aromatic N) is 2. The lowest BCUT2D eigenvalue weighted by molar-refractivity contribution is 0.306. The van der Waals surface area contributed by atoms with E-state index in [1.54, 1.807) is 26.4 Å². The van der Waals surface area contributed by atoms with Crippen molar-refractivity contribution in [3.8, 4) is 40.1 Å². The van der Waals surface area contributed by atoms with Gasteiger partial charge in [0.05, 0.1) is 14.2 Å². The summed E-state index contributed by atoms with van der Waals surface area (Å²) in [7, 11) is 3.18. The standard InChI is InChI=1S/C24H22N2O4/c1-16-7-9-17(10-8-16)15-29-20-6-4-5-18(13-20)23-25-24(30-26-23)19-11-12-21(27-2)22(14-19)28-3/h4-14H,15H2,1-3H3. The van der Waals surface area contributed by atoms with E-state index < -0.39 is 0 Å². The Morgan fingerprint density at radius 3 is 2.40 bits per heavy atom. The Bertz CT molecular complexity index is 1140. The van der Waals surface area contributed by atoms with Crippen LogP contribution in [0.4, 0.5) is 0 Å². The summed E-state index contributed by atoms with van der Waals surface area (Å²) >= 11 is 0. The molecule has 0 N–H and O–H groups in total. The minimum atomic E-state index is 0.400. The quantitative estimate of drug-likeness (QED) is 0.417. The Morgan fingerprint density at radius 2 is 1.63 bits per heavy atom. The summed E-state index contributed by atoms with van der Waals surface area (Å²) in [6.07, 6.45) is 0. The normalized spacial score (nSPS) is 10.6. The van der Waals surface area contributed by atoms with E-state index in [4.69, 9.17) is 18.7 Å². The summed E-state index contributed by atoms with van der Waals surface area (Å²) < 4.78 is 22.0. The molecule has 0 unspecified atom stereocenters. The SMILES string of the molecule is COc1ccc(-c2nc(-c3cccc(OCc4ccc(C)cc4)c3)no2)cc1OC. The van der Waals surface area contributed by atoms with Gasteiger partial charge in [-0.1, -0.05) is 47.1 Å². The molecule has 0 atom stereocenters. The molecule has 1 aromatic heterocycles. The van der Waals surface area contributed by atoms with Crippen LogP contribution in [-0.2, 0) is 6.61 Å². The van der Waals surface area contributed by atoms with Crippen LogP contribution in [0.15, 0.2) is 71.3 Å². The van der Waals surface area contributed by atoms with E-state index in [1.807, 2.05) is 30.3 Å². The monoisotopic (exact) mass is 402 g/mol. The molecule has 0 bridgehead atoms. The maximum Gasteiger partial charge on any atom is 0.258 e. The number of aromatic nitrogens is 2. The second kappa shape index (κ2) is 8.69. The zero-order valence-corrected chi connectivity index (χ0v) is 17.1. The third kappa shape index (κ3) is 4.27. The molecule has 0 aliphatic carbocycles. The van der Waals surface area contributed by atoms with Gasteiger partial charge in [0.15, 0.2) is 11.5 Å². The third-order valence-corrected chi connectivity index (χ3v) is 4.67. The van der Waals surface area contributed by atoms with E-state index in [9.17, 15) is 0 Å². The highest BCUT2D eigenvalue weighted by molar-refractivity contribution is 5.63. The fraction of sp³-hybridized carbons (Fsp3) is 0.167. The molecule has 3 aromatic carbocycles. The first-order valence-electron chi connectivity index (χ1n) is 9.51. The molecule has 0 radical (unpaired) electrons. The van der Waals surface area contributed by atoms with E-state index in [0.29, 0.717) is 29.8 Å². The van der Waals surface area contributed by atoms with Crippen LogP contribution in [0, 0.1) is 6.92 Å². The fourth-order valence-electron chi connectivity index (χ4n) is 3.00. The minimum Gasteiger partial charge on any atom is -0.493 e. The Balaban J connectivity index is 1.52. The average molecular weight is 402 g/mol. The van der Waals surface area contributed by atoms with Crippen molar-refractivity contribution in [2.75, 3.05) is 14.2 Å².